The Bertz CT molecular complexity index is 1040. The number of hydrogen-bond donors (Lipinski definition) is 2. The van der Waals surface area contributed by atoms with Gasteiger partial charge in [-0.1, -0.05) is 12.1 Å². The largest absolute Gasteiger partial charge is 0.364 e. The lowest BCUT2D eigenvalue weighted by Crippen LogP contribution is -2.20. The van der Waals surface area contributed by atoms with Gasteiger partial charge in [-0.2, -0.15) is 10.2 Å². The second-order valence-corrected chi connectivity index (χ2v) is 6.98. The van der Waals surface area contributed by atoms with E-state index >= 15 is 0 Å². The van der Waals surface area contributed by atoms with E-state index in [1.807, 2.05) is 30.7 Å². The Balaban J connectivity index is 1.82. The number of nitrogens with one attached hydrogen (secondary N) is 1. The van der Waals surface area contributed by atoms with Gasteiger partial charge >= 0.3 is 0 Å². The predicted octanol–water partition coefficient (Wildman–Crippen LogP) is 2.40. The maximum Gasteiger partial charge on any atom is 0.269 e. The van der Waals surface area contributed by atoms with Crippen molar-refractivity contribution in [1.29, 1.82) is 0 Å². The Kier molecular flexibility index (Phi) is 5.13. The molecule has 1 aromatic carbocycles. The summed E-state index contributed by atoms with van der Waals surface area (Å²) in [6.07, 6.45) is 1.40. The first-order valence-corrected chi connectivity index (χ1v) is 8.98. The second kappa shape index (κ2) is 7.36. The molecule has 2 heterocycles. The number of primary amides is 1. The molecule has 27 heavy (non-hydrogen) atoms. The molecule has 0 aliphatic rings. The summed E-state index contributed by atoms with van der Waals surface area (Å²) in [5, 5.41) is 11.1. The van der Waals surface area contributed by atoms with Crippen LogP contribution in [0.5, 0.6) is 0 Å². The molecule has 0 saturated heterocycles. The van der Waals surface area contributed by atoms with Gasteiger partial charge in [-0.05, 0) is 47.5 Å². The zero-order chi connectivity index (χ0) is 19.7. The third-order valence-electron chi connectivity index (χ3n) is 4.24. The number of benzene rings is 1. The Morgan fingerprint density at radius 2 is 2.04 bits per heavy atom. The van der Waals surface area contributed by atoms with Gasteiger partial charge in [-0.15, -0.1) is 0 Å². The van der Waals surface area contributed by atoms with Crippen LogP contribution in [0.4, 0.5) is 5.69 Å². The smallest absolute Gasteiger partial charge is 0.269 e. The number of carbonyl (C=O) groups excluding carboxylic acids is 2. The third kappa shape index (κ3) is 3.77. The van der Waals surface area contributed by atoms with Crippen molar-refractivity contribution in [2.45, 2.75) is 20.4 Å². The number of nitrogens with zero attached hydrogens (tertiary/aromatic N) is 4. The maximum atomic E-state index is 12.6. The quantitative estimate of drug-likeness (QED) is 0.647. The number of hydrogen-bond acceptors (Lipinski definition) is 4. The van der Waals surface area contributed by atoms with Gasteiger partial charge in [0.2, 0.25) is 0 Å². The number of anilines is 1. The number of halogens is 1. The molecule has 0 spiro atoms. The van der Waals surface area contributed by atoms with Gasteiger partial charge in [0.1, 0.15) is 5.69 Å². The van der Waals surface area contributed by atoms with Crippen LogP contribution < -0.4 is 11.1 Å². The van der Waals surface area contributed by atoms with Crippen LogP contribution in [0.2, 0.25) is 0 Å². The average molecular weight is 431 g/mol. The number of carbonyl (C=O) groups is 2. The van der Waals surface area contributed by atoms with Gasteiger partial charge in [0, 0.05) is 12.6 Å². The van der Waals surface area contributed by atoms with Crippen LogP contribution in [-0.4, -0.2) is 31.4 Å². The van der Waals surface area contributed by atoms with Crippen molar-refractivity contribution in [3.63, 3.8) is 0 Å². The molecule has 2 aromatic heterocycles. The molecule has 0 aliphatic heterocycles. The minimum Gasteiger partial charge on any atom is -0.364 e. The fraction of sp³-hybridized carbons (Fsp3) is 0.222. The molecule has 0 saturated carbocycles. The molecule has 0 atom stereocenters. The van der Waals surface area contributed by atoms with Crippen LogP contribution in [0.15, 0.2) is 34.9 Å². The van der Waals surface area contributed by atoms with E-state index in [0.717, 1.165) is 21.4 Å². The van der Waals surface area contributed by atoms with Crippen molar-refractivity contribution >= 4 is 33.4 Å². The van der Waals surface area contributed by atoms with E-state index in [2.05, 4.69) is 31.4 Å². The van der Waals surface area contributed by atoms with Crippen molar-refractivity contribution in [3.8, 4) is 0 Å². The molecule has 0 aliphatic carbocycles. The van der Waals surface area contributed by atoms with E-state index in [4.69, 9.17) is 5.73 Å². The number of aryl methyl sites for hydroxylation is 2. The summed E-state index contributed by atoms with van der Waals surface area (Å²) in [6.45, 7) is 4.45. The Hall–Kier alpha value is -2.94. The van der Waals surface area contributed by atoms with E-state index in [1.165, 1.54) is 10.9 Å². The third-order valence-corrected chi connectivity index (χ3v) is 5.38. The van der Waals surface area contributed by atoms with Gasteiger partial charge in [-0.3, -0.25) is 19.0 Å². The summed E-state index contributed by atoms with van der Waals surface area (Å²) < 4.78 is 4.18. The Morgan fingerprint density at radius 3 is 2.67 bits per heavy atom. The minimum absolute atomic E-state index is 0.145. The molecule has 0 fully saturated rings. The van der Waals surface area contributed by atoms with Gasteiger partial charge < -0.3 is 11.1 Å². The van der Waals surface area contributed by atoms with E-state index < -0.39 is 5.91 Å². The lowest BCUT2D eigenvalue weighted by molar-refractivity contribution is 0.0992. The summed E-state index contributed by atoms with van der Waals surface area (Å²) in [5.41, 5.74) is 9.10. The molecule has 140 valence electrons. The van der Waals surface area contributed by atoms with Gasteiger partial charge in [0.05, 0.1) is 34.3 Å². The van der Waals surface area contributed by atoms with E-state index in [-0.39, 0.29) is 17.3 Å². The van der Waals surface area contributed by atoms with Crippen LogP contribution in [0, 0.1) is 13.8 Å². The second-order valence-electron chi connectivity index (χ2n) is 6.19. The normalized spacial score (nSPS) is 10.8. The standard InChI is InChI=1S/C18H19BrN6O2/c1-10-15(19)11(2)25(23-10)9-12-5-4-6-13(7-12)18(27)22-14-8-21-24(3)16(14)17(20)26/h4-8H,9H2,1-3H3,(H2,20,26)(H,22,27). The zero-order valence-corrected chi connectivity index (χ0v) is 16.7. The number of rotatable bonds is 5. The molecule has 3 aromatic rings. The predicted molar refractivity (Wildman–Crippen MR) is 105 cm³/mol. The average Bonchev–Trinajstić information content (AvgIpc) is 3.10. The summed E-state index contributed by atoms with van der Waals surface area (Å²) in [6, 6.07) is 7.24. The summed E-state index contributed by atoms with van der Waals surface area (Å²) >= 11 is 3.52. The molecule has 3 rings (SSSR count). The molecule has 0 unspecified atom stereocenters. The van der Waals surface area contributed by atoms with Crippen LogP contribution in [0.25, 0.3) is 0 Å². The molecule has 8 nitrogen and oxygen atoms in total. The highest BCUT2D eigenvalue weighted by atomic mass is 79.9. The highest BCUT2D eigenvalue weighted by Gasteiger charge is 2.17. The van der Waals surface area contributed by atoms with E-state index in [9.17, 15) is 9.59 Å². The van der Waals surface area contributed by atoms with Crippen LogP contribution in [0.1, 0.15) is 37.8 Å². The molecular formula is C18H19BrN6O2. The van der Waals surface area contributed by atoms with Crippen molar-refractivity contribution < 1.29 is 9.59 Å². The van der Waals surface area contributed by atoms with Crippen LogP contribution >= 0.6 is 15.9 Å². The molecule has 2 amide bonds. The van der Waals surface area contributed by atoms with Crippen molar-refractivity contribution in [2.24, 2.45) is 12.8 Å². The number of amides is 2. The molecule has 0 bridgehead atoms. The summed E-state index contributed by atoms with van der Waals surface area (Å²) in [5.74, 6) is -1.00. The highest BCUT2D eigenvalue weighted by molar-refractivity contribution is 9.10. The molecule has 9 heteroatoms. The monoisotopic (exact) mass is 430 g/mol. The van der Waals surface area contributed by atoms with Gasteiger partial charge in [-0.25, -0.2) is 0 Å². The van der Waals surface area contributed by atoms with Gasteiger partial charge in [0.25, 0.3) is 11.8 Å². The van der Waals surface area contributed by atoms with E-state index in [1.54, 1.807) is 19.2 Å². The van der Waals surface area contributed by atoms with Crippen molar-refractivity contribution in [3.05, 3.63) is 63.1 Å². The summed E-state index contributed by atoms with van der Waals surface area (Å²) in [4.78, 5) is 24.1. The SMILES string of the molecule is Cc1nn(Cc2cccc(C(=O)Nc3cnn(C)c3C(N)=O)c2)c(C)c1Br. The first-order valence-electron chi connectivity index (χ1n) is 8.19. The maximum absolute atomic E-state index is 12.6. The lowest BCUT2D eigenvalue weighted by atomic mass is 10.1. The van der Waals surface area contributed by atoms with Crippen LogP contribution in [0.3, 0.4) is 0 Å². The molecule has 0 radical (unpaired) electrons. The van der Waals surface area contributed by atoms with Crippen LogP contribution in [-0.2, 0) is 13.6 Å². The fourth-order valence-electron chi connectivity index (χ4n) is 2.83. The zero-order valence-electron chi connectivity index (χ0n) is 15.2. The topological polar surface area (TPSA) is 108 Å². The Labute approximate surface area is 164 Å². The Morgan fingerprint density at radius 1 is 1.30 bits per heavy atom. The van der Waals surface area contributed by atoms with Crippen molar-refractivity contribution in [1.82, 2.24) is 19.6 Å². The molecular weight excluding hydrogens is 412 g/mol. The van der Waals surface area contributed by atoms with E-state index in [0.29, 0.717) is 12.1 Å². The highest BCUT2D eigenvalue weighted by Crippen LogP contribution is 2.21. The first kappa shape index (κ1) is 18.8. The number of nitrogens with two attached hydrogens (primary N) is 1. The summed E-state index contributed by atoms with van der Waals surface area (Å²) in [7, 11) is 1.59. The lowest BCUT2D eigenvalue weighted by Gasteiger charge is -2.08. The fourth-order valence-corrected chi connectivity index (χ4v) is 3.11. The number of aromatic nitrogens is 4. The van der Waals surface area contributed by atoms with Crippen molar-refractivity contribution in [2.75, 3.05) is 5.32 Å². The molecule has 3 N–H and O–H groups in total. The minimum atomic E-state index is -0.658. The van der Waals surface area contributed by atoms with Gasteiger partial charge in [0.15, 0.2) is 0 Å². The first-order chi connectivity index (χ1) is 12.8.